The van der Waals surface area contributed by atoms with E-state index in [1.165, 1.54) is 55.5 Å². The van der Waals surface area contributed by atoms with Crippen LogP contribution in [-0.4, -0.2) is 339 Å². The highest BCUT2D eigenvalue weighted by molar-refractivity contribution is 6.34. The van der Waals surface area contributed by atoms with Crippen molar-refractivity contribution in [2.45, 2.75) is 236 Å². The summed E-state index contributed by atoms with van der Waals surface area (Å²) in [5, 5.41) is 81.6. The van der Waals surface area contributed by atoms with Gasteiger partial charge in [-0.15, -0.1) is 0 Å². The Morgan fingerprint density at radius 2 is 0.821 bits per heavy atom. The van der Waals surface area contributed by atoms with Crippen LogP contribution in [0.3, 0.4) is 0 Å². The molecule has 4 aromatic carbocycles. The van der Waals surface area contributed by atoms with Gasteiger partial charge in [-0.3, -0.25) is 5.32 Å². The fourth-order valence-corrected chi connectivity index (χ4v) is 17.9. The molecular weight excluding hydrogens is 1660 g/mol. The molecule has 11 atom stereocenters. The lowest BCUT2D eigenvalue weighted by Gasteiger charge is -2.34. The molecule has 0 aliphatic carbocycles. The molecule has 4 aromatic rings. The van der Waals surface area contributed by atoms with Crippen LogP contribution in [0.1, 0.15) is 94.3 Å². The Hall–Kier alpha value is -4.14. The van der Waals surface area contributed by atoms with Crippen molar-refractivity contribution in [2.24, 2.45) is 16.6 Å². The molecule has 13 N–H and O–H groups in total. The summed E-state index contributed by atoms with van der Waals surface area (Å²) in [5.74, 6) is 3.11. The maximum Gasteiger partial charge on any atom is 0.172 e. The van der Waals surface area contributed by atoms with Gasteiger partial charge in [0.15, 0.2) is 6.29 Å². The van der Waals surface area contributed by atoms with E-state index in [4.69, 9.17) is 53.1 Å². The van der Waals surface area contributed by atoms with E-state index in [0.29, 0.717) is 125 Å². The van der Waals surface area contributed by atoms with Crippen LogP contribution in [0.2, 0.25) is 75.5 Å². The van der Waals surface area contributed by atoms with Crippen molar-refractivity contribution in [3.8, 4) is 23.0 Å². The fraction of sp³-hybridized carbons (Fsp3) is 0.736. The van der Waals surface area contributed by atoms with Crippen LogP contribution in [0.15, 0.2) is 97.1 Å². The van der Waals surface area contributed by atoms with E-state index < -0.39 is 36.9 Å². The molecule has 32 heteroatoms. The third kappa shape index (κ3) is 55.5. The molecule has 4 aliphatic heterocycles. The summed E-state index contributed by atoms with van der Waals surface area (Å²) in [5.41, 5.74) is 9.05. The molecule has 10 unspecified atom stereocenters. The Morgan fingerprint density at radius 1 is 0.439 bits per heavy atom. The van der Waals surface area contributed by atoms with Crippen LogP contribution in [0.4, 0.5) is 22.7 Å². The van der Waals surface area contributed by atoms with Crippen molar-refractivity contribution in [2.75, 3.05) is 203 Å². The number of aliphatic hydroxyl groups excluding tert-OH is 6. The van der Waals surface area contributed by atoms with Crippen molar-refractivity contribution in [1.82, 2.24) is 26.6 Å². The summed E-state index contributed by atoms with van der Waals surface area (Å²) in [6, 6.07) is 39.8. The summed E-state index contributed by atoms with van der Waals surface area (Å²) >= 11 is 0. The topological polar surface area (TPSA) is 326 Å². The minimum absolute atomic E-state index is 0. The van der Waals surface area contributed by atoms with Crippen molar-refractivity contribution in [3.05, 3.63) is 97.1 Å². The standard InChI is InChI=1S/C48H93N5O8Si3.C20H34N2O4Si.C19H32N2O4Si.C4H13NSi.H2/c1-47(2,3)37-58-27-25-52(38-13-19-42(20-14-38)60-36-45(56)51-24-12-30-64-9)34-43(32-50-23-11-29-63-8)61-46(57)35-53(33-40(54)31-49-22-10-28-62-7)39-15-17-41(18-16-39)59-26-21-44(55)48(4,5)6;1-27-10-2-8-21-11-17(23)12-22(13-20-15-26-20)16-3-5-18(6-4-16)24-9-7-19-14-25-19;1-26-8-2-7-20-9-16(22)10-21(11-18-12-24-18)15-3-5-17(6-4-15)23-13-19-14-25-19;1-6-4-2-3-5;/h13-20,40,43-46,49-51,54-57H,10-12,21-37,62-64H2,1-9H3;3-6,17,19-21,23H,2,7-15,27H2,1H3;3-6,16,18-20,22H,2,7-14,26H2,1H3;2-6H2,1H3;1H/t40?,43?,44-,45?,46?;;;;/m0..../s1/i;;;;1+1. The zero-order valence-electron chi connectivity index (χ0n) is 78.2. The maximum atomic E-state index is 11.8. The van der Waals surface area contributed by atoms with E-state index in [0.717, 1.165) is 139 Å². The second kappa shape index (κ2) is 66.3. The zero-order valence-corrected chi connectivity index (χ0v) is 86.6. The summed E-state index contributed by atoms with van der Waals surface area (Å²) < 4.78 is 57.3. The van der Waals surface area contributed by atoms with E-state index in [-0.39, 0.29) is 97.4 Å². The molecule has 8 rings (SSSR count). The number of ether oxygens (including phenoxy) is 10. The van der Waals surface area contributed by atoms with Gasteiger partial charge < -0.3 is 125 Å². The molecule has 123 heavy (non-hydrogen) atoms. The lowest BCUT2D eigenvalue weighted by molar-refractivity contribution is -0.126. The SMILES string of the molecule is C[SiH2]CCCN.C[SiH2]CCCNCC(O)CN(CC(O)OC(CNCCC[SiH2]C)CN(CCOCC(C)(C)C)c1ccc(OCC(O)NCCC[SiH2]C)cc1)c1ccc(OCC[C@H](O)C(C)(C)C)cc1.C[SiH2]CCCNCC(O)CN(CC1CO1)c1ccc(OCC2CO2)cc1.C[SiH2]CCCNCC(O)CN(CC1CO1)c1ccc(OCCC2CO2)cc1.[2HH]. The highest BCUT2D eigenvalue weighted by Crippen LogP contribution is 2.29. The molecule has 4 aliphatic rings. The Balaban J connectivity index is 0.000000434. The monoisotopic (exact) mass is 1830 g/mol. The van der Waals surface area contributed by atoms with Gasteiger partial charge >= 0.3 is 0 Å². The van der Waals surface area contributed by atoms with Gasteiger partial charge in [0.1, 0.15) is 48.5 Å². The fourth-order valence-electron chi connectivity index (χ4n) is 13.4. The molecule has 0 spiro atoms. The summed E-state index contributed by atoms with van der Waals surface area (Å²) in [4.78, 5) is 8.64. The minimum Gasteiger partial charge on any atom is -0.493 e. The highest BCUT2D eigenvalue weighted by atomic mass is 28.2. The molecule has 4 heterocycles. The molecule has 0 amide bonds. The Labute approximate surface area is 757 Å². The van der Waals surface area contributed by atoms with Gasteiger partial charge in [0, 0.05) is 166 Å². The molecule has 26 nitrogen and oxygen atoms in total. The number of hydrogen-bond donors (Lipinski definition) is 12. The Bertz CT molecular complexity index is 3170. The quantitative estimate of drug-likeness (QED) is 0.0108. The van der Waals surface area contributed by atoms with E-state index in [1.807, 2.05) is 98.5 Å². The summed E-state index contributed by atoms with van der Waals surface area (Å²) in [7, 11) is 0.658. The predicted molar refractivity (Wildman–Crippen MR) is 529 cm³/mol. The number of nitrogens with one attached hydrogen (secondary N) is 5. The smallest absolute Gasteiger partial charge is 0.172 e. The lowest BCUT2D eigenvalue weighted by atomic mass is 9.87. The first-order valence-electron chi connectivity index (χ1n) is 47.4. The van der Waals surface area contributed by atoms with Gasteiger partial charge in [0.05, 0.1) is 108 Å². The molecule has 4 saturated heterocycles. The van der Waals surface area contributed by atoms with Crippen LogP contribution in [0.5, 0.6) is 23.0 Å². The molecule has 0 bridgehead atoms. The zero-order chi connectivity index (χ0) is 89.1. The maximum absolute atomic E-state index is 11.8. The number of nitrogens with zero attached hydrogens (tertiary/aromatic N) is 4. The Morgan fingerprint density at radius 3 is 1.23 bits per heavy atom. The third-order valence-electron chi connectivity index (χ3n) is 21.3. The number of epoxide rings is 4. The van der Waals surface area contributed by atoms with Crippen LogP contribution >= 0.6 is 0 Å². The number of aliphatic hydroxyl groups is 6. The molecule has 0 aromatic heterocycles. The van der Waals surface area contributed by atoms with Crippen LogP contribution in [0, 0.1) is 10.8 Å². The van der Waals surface area contributed by atoms with Gasteiger partial charge in [0.2, 0.25) is 0 Å². The van der Waals surface area contributed by atoms with Crippen molar-refractivity contribution in [3.63, 3.8) is 0 Å². The average Bonchev–Trinajstić information content (AvgIpc) is 1.81. The van der Waals surface area contributed by atoms with E-state index >= 15 is 0 Å². The van der Waals surface area contributed by atoms with Gasteiger partial charge in [-0.1, -0.05) is 117 Å². The second-order valence-electron chi connectivity index (χ2n) is 35.8. The normalized spacial score (nSPS) is 18.0. The average molecular weight is 1830 g/mol. The highest BCUT2D eigenvalue weighted by Gasteiger charge is 2.31. The number of nitrogens with two attached hydrogens (primary N) is 1. The molecule has 708 valence electrons. The number of rotatable bonds is 70. The third-order valence-corrected chi connectivity index (χ3v) is 28.5. The second-order valence-corrected chi connectivity index (χ2v) is 46.1. The van der Waals surface area contributed by atoms with Crippen molar-refractivity contribution in [1.29, 1.82) is 0 Å². The van der Waals surface area contributed by atoms with Gasteiger partial charge in [0.25, 0.3) is 0 Å². The minimum atomic E-state index is -1.15. The summed E-state index contributed by atoms with van der Waals surface area (Å²) in [6.45, 7) is 44.9. The molecule has 0 radical (unpaired) electrons. The first-order valence-corrected chi connectivity index (χ1v) is 61.9. The number of anilines is 4. The van der Waals surface area contributed by atoms with E-state index in [2.05, 4.69) is 126 Å². The van der Waals surface area contributed by atoms with Crippen molar-refractivity contribution >= 4 is 79.9 Å². The summed E-state index contributed by atoms with van der Waals surface area (Å²) in [6.07, 6.45) is 5.56. The lowest BCUT2D eigenvalue weighted by Crippen LogP contribution is -2.47. The van der Waals surface area contributed by atoms with Gasteiger partial charge in [-0.05, 0) is 186 Å². The predicted octanol–water partition coefficient (Wildman–Crippen LogP) is 5.74. The van der Waals surface area contributed by atoms with E-state index in [9.17, 15) is 30.6 Å². The van der Waals surface area contributed by atoms with E-state index in [1.54, 1.807) is 0 Å². The first kappa shape index (κ1) is 109. The molecule has 0 saturated carbocycles. The number of benzene rings is 4. The van der Waals surface area contributed by atoms with Crippen LogP contribution < -0.4 is 70.9 Å². The number of hydrogen-bond acceptors (Lipinski definition) is 26. The van der Waals surface area contributed by atoms with Crippen LogP contribution in [-0.2, 0) is 28.4 Å². The van der Waals surface area contributed by atoms with Gasteiger partial charge in [-0.25, -0.2) is 0 Å². The van der Waals surface area contributed by atoms with Crippen molar-refractivity contribution < 1.29 is 79.4 Å². The molecule has 4 fully saturated rings. The largest absolute Gasteiger partial charge is 0.493 e. The van der Waals surface area contributed by atoms with Gasteiger partial charge in [-0.2, -0.15) is 0 Å². The van der Waals surface area contributed by atoms with Crippen LogP contribution in [0.25, 0.3) is 0 Å². The molecular formula is C91H174N10O16Si6. The Kier molecular flexibility index (Phi) is 58.9. The first-order chi connectivity index (χ1) is 59.4.